The quantitative estimate of drug-likeness (QED) is 0.251. The number of carboxylic acids is 1. The summed E-state index contributed by atoms with van der Waals surface area (Å²) in [6.45, 7) is 2.51. The van der Waals surface area contributed by atoms with Crippen LogP contribution in [0.1, 0.15) is 29.3 Å². The lowest BCUT2D eigenvalue weighted by Crippen LogP contribution is -2.32. The molecule has 1 fully saturated rings. The van der Waals surface area contributed by atoms with Crippen LogP contribution < -0.4 is 9.62 Å². The summed E-state index contributed by atoms with van der Waals surface area (Å²) in [6, 6.07) is 3.32. The Morgan fingerprint density at radius 3 is 2.54 bits per heavy atom. The van der Waals surface area contributed by atoms with Crippen molar-refractivity contribution < 1.29 is 31.9 Å². The molecule has 0 amide bonds. The topological polar surface area (TPSA) is 161 Å². The number of hydrogen-bond donors (Lipinski definition) is 3. The van der Waals surface area contributed by atoms with Crippen molar-refractivity contribution in [3.05, 3.63) is 65.7 Å². The number of ketones is 1. The fourth-order valence-corrected chi connectivity index (χ4v) is 5.42. The maximum absolute atomic E-state index is 15.4. The highest BCUT2D eigenvalue weighted by Crippen LogP contribution is 2.30. The predicted molar refractivity (Wildman–Crippen MR) is 146 cm³/mol. The SMILES string of the molecule is CCN(C)S(=O)(=O)Nc1ccc(F)c(C(=O)c2c[nH]c3ncc(-c4cnc(N5CC[C@@H](C(=O)O)C5)nc4)cc23)c1F. The molecule has 3 N–H and O–H groups in total. The first kappa shape index (κ1) is 28.0. The summed E-state index contributed by atoms with van der Waals surface area (Å²) in [5, 5.41) is 9.49. The predicted octanol–water partition coefficient (Wildman–Crippen LogP) is 3.05. The van der Waals surface area contributed by atoms with Gasteiger partial charge in [0.15, 0.2) is 5.82 Å². The first-order valence-electron chi connectivity index (χ1n) is 12.5. The molecule has 1 aliphatic rings. The largest absolute Gasteiger partial charge is 0.481 e. The number of aromatic amines is 1. The average molecular weight is 586 g/mol. The number of nitrogens with zero attached hydrogens (tertiary/aromatic N) is 5. The average Bonchev–Trinajstić information content (AvgIpc) is 3.62. The molecule has 41 heavy (non-hydrogen) atoms. The van der Waals surface area contributed by atoms with Crippen LogP contribution in [0.3, 0.4) is 0 Å². The Morgan fingerprint density at radius 2 is 1.88 bits per heavy atom. The van der Waals surface area contributed by atoms with Crippen molar-refractivity contribution in [2.45, 2.75) is 13.3 Å². The molecule has 5 rings (SSSR count). The fourth-order valence-electron chi connectivity index (χ4n) is 4.49. The second-order valence-corrected chi connectivity index (χ2v) is 11.3. The molecule has 4 aromatic rings. The minimum atomic E-state index is -4.13. The van der Waals surface area contributed by atoms with E-state index in [0.29, 0.717) is 36.6 Å². The third-order valence-electron chi connectivity index (χ3n) is 6.98. The number of rotatable bonds is 9. The van der Waals surface area contributed by atoms with Crippen molar-refractivity contribution in [1.82, 2.24) is 24.2 Å². The maximum atomic E-state index is 15.4. The van der Waals surface area contributed by atoms with Crippen molar-refractivity contribution in [3.8, 4) is 11.1 Å². The number of fused-ring (bicyclic) bond motifs is 1. The van der Waals surface area contributed by atoms with Crippen molar-refractivity contribution in [2.24, 2.45) is 5.92 Å². The van der Waals surface area contributed by atoms with Gasteiger partial charge in [0, 0.05) is 73.5 Å². The summed E-state index contributed by atoms with van der Waals surface area (Å²) in [6.07, 6.45) is 6.36. The Morgan fingerprint density at radius 1 is 1.17 bits per heavy atom. The Bertz CT molecular complexity index is 1760. The molecule has 1 aromatic carbocycles. The first-order chi connectivity index (χ1) is 19.5. The van der Waals surface area contributed by atoms with E-state index in [9.17, 15) is 27.5 Å². The number of hydrogen-bond acceptors (Lipinski definition) is 8. The van der Waals surface area contributed by atoms with Gasteiger partial charge in [-0.25, -0.2) is 23.7 Å². The summed E-state index contributed by atoms with van der Waals surface area (Å²) in [5.74, 6) is -4.48. The number of aromatic nitrogens is 4. The van der Waals surface area contributed by atoms with E-state index in [1.807, 2.05) is 4.72 Å². The van der Waals surface area contributed by atoms with Crippen molar-refractivity contribution in [2.75, 3.05) is 36.3 Å². The number of anilines is 2. The van der Waals surface area contributed by atoms with Crippen LogP contribution in [0.2, 0.25) is 0 Å². The molecule has 214 valence electrons. The van der Waals surface area contributed by atoms with Gasteiger partial charge in [0.1, 0.15) is 11.5 Å². The van der Waals surface area contributed by atoms with Gasteiger partial charge in [0.05, 0.1) is 17.2 Å². The molecule has 1 aliphatic heterocycles. The third-order valence-corrected chi connectivity index (χ3v) is 8.54. The van der Waals surface area contributed by atoms with Crippen LogP contribution in [-0.4, -0.2) is 76.2 Å². The van der Waals surface area contributed by atoms with Gasteiger partial charge in [-0.05, 0) is 24.6 Å². The van der Waals surface area contributed by atoms with E-state index < -0.39 is 50.8 Å². The lowest BCUT2D eigenvalue weighted by atomic mass is 10.0. The molecule has 1 saturated heterocycles. The number of nitrogens with one attached hydrogen (secondary N) is 2. The standard InChI is InChI=1S/C26H25F2N7O5S/c1-3-34(2)41(39,40)33-20-5-4-19(27)21(22(20)28)23(36)18-12-30-24-17(18)8-15(9-29-24)16-10-31-26(32-11-16)35-7-6-14(13-35)25(37)38/h4-5,8-12,14,33H,3,6-7,13H2,1-2H3,(H,29,30)(H,37,38)/t14-/m1/s1. The molecule has 0 unspecified atom stereocenters. The number of carbonyl (C=O) groups is 2. The molecule has 12 nitrogen and oxygen atoms in total. The van der Waals surface area contributed by atoms with Gasteiger partial charge in [0.25, 0.3) is 0 Å². The van der Waals surface area contributed by atoms with Crippen LogP contribution in [0.25, 0.3) is 22.2 Å². The second-order valence-electron chi connectivity index (χ2n) is 9.50. The summed E-state index contributed by atoms with van der Waals surface area (Å²) < 4.78 is 57.9. The Kier molecular flexibility index (Phi) is 7.40. The number of carbonyl (C=O) groups excluding carboxylic acids is 1. The lowest BCUT2D eigenvalue weighted by molar-refractivity contribution is -0.140. The van der Waals surface area contributed by atoms with Crippen LogP contribution >= 0.6 is 0 Å². The number of pyridine rings is 1. The zero-order valence-corrected chi connectivity index (χ0v) is 22.7. The van der Waals surface area contributed by atoms with Gasteiger partial charge in [-0.15, -0.1) is 0 Å². The van der Waals surface area contributed by atoms with Crippen LogP contribution in [0.5, 0.6) is 0 Å². The normalized spacial score (nSPS) is 15.5. The maximum Gasteiger partial charge on any atom is 0.308 e. The zero-order valence-electron chi connectivity index (χ0n) is 21.9. The number of halogens is 2. The van der Waals surface area contributed by atoms with Gasteiger partial charge in [-0.3, -0.25) is 14.3 Å². The third kappa shape index (κ3) is 5.32. The molecule has 0 saturated carbocycles. The highest BCUT2D eigenvalue weighted by Gasteiger charge is 2.30. The molecule has 0 aliphatic carbocycles. The van der Waals surface area contributed by atoms with Gasteiger partial charge in [0.2, 0.25) is 11.7 Å². The summed E-state index contributed by atoms with van der Waals surface area (Å²) >= 11 is 0. The van der Waals surface area contributed by atoms with Crippen molar-refractivity contribution >= 4 is 44.6 Å². The van der Waals surface area contributed by atoms with Gasteiger partial charge in [-0.2, -0.15) is 12.7 Å². The minimum Gasteiger partial charge on any atom is -0.481 e. The van der Waals surface area contributed by atoms with Crippen LogP contribution in [0, 0.1) is 17.6 Å². The minimum absolute atomic E-state index is 0.0767. The summed E-state index contributed by atoms with van der Waals surface area (Å²) in [5.41, 5.74) is -0.216. The monoisotopic (exact) mass is 585 g/mol. The molecule has 15 heteroatoms. The number of H-pyrrole nitrogens is 1. The molecular formula is C26H25F2N7O5S. The van der Waals surface area contributed by atoms with Crippen LogP contribution in [0.4, 0.5) is 20.4 Å². The number of carboxylic acid groups (broad SMARTS) is 1. The number of aliphatic carboxylic acids is 1. The summed E-state index contributed by atoms with van der Waals surface area (Å²) in [7, 11) is -2.84. The molecule has 1 atom stereocenters. The Hall–Kier alpha value is -4.50. The van der Waals surface area contributed by atoms with E-state index >= 15 is 4.39 Å². The van der Waals surface area contributed by atoms with Gasteiger partial charge >= 0.3 is 16.2 Å². The Balaban J connectivity index is 1.45. The fraction of sp³-hybridized carbons (Fsp3) is 0.269. The van der Waals surface area contributed by atoms with Crippen LogP contribution in [-0.2, 0) is 15.0 Å². The molecular weight excluding hydrogens is 560 g/mol. The van der Waals surface area contributed by atoms with Crippen molar-refractivity contribution in [1.29, 1.82) is 0 Å². The molecule has 0 bridgehead atoms. The van der Waals surface area contributed by atoms with E-state index in [0.717, 1.165) is 16.4 Å². The second kappa shape index (κ2) is 10.8. The highest BCUT2D eigenvalue weighted by molar-refractivity contribution is 7.90. The zero-order chi connectivity index (χ0) is 29.5. The van der Waals surface area contributed by atoms with E-state index in [2.05, 4.69) is 19.9 Å². The highest BCUT2D eigenvalue weighted by atomic mass is 32.2. The van der Waals surface area contributed by atoms with Crippen LogP contribution in [0.15, 0.2) is 43.0 Å². The molecule has 0 spiro atoms. The number of benzene rings is 1. The summed E-state index contributed by atoms with van der Waals surface area (Å²) in [4.78, 5) is 42.2. The molecule has 0 radical (unpaired) electrons. The molecule has 4 heterocycles. The lowest BCUT2D eigenvalue weighted by Gasteiger charge is -2.17. The van der Waals surface area contributed by atoms with E-state index in [4.69, 9.17) is 0 Å². The van der Waals surface area contributed by atoms with E-state index in [1.54, 1.807) is 17.9 Å². The first-order valence-corrected chi connectivity index (χ1v) is 14.0. The van der Waals surface area contributed by atoms with Crippen molar-refractivity contribution in [3.63, 3.8) is 0 Å². The van der Waals surface area contributed by atoms with Gasteiger partial charge in [-0.1, -0.05) is 6.92 Å². The Labute approximate surface area is 233 Å². The van der Waals surface area contributed by atoms with Gasteiger partial charge < -0.3 is 15.0 Å². The van der Waals surface area contributed by atoms with E-state index in [-0.39, 0.29) is 23.1 Å². The van der Waals surface area contributed by atoms with E-state index in [1.165, 1.54) is 31.8 Å². The smallest absolute Gasteiger partial charge is 0.308 e. The molecule has 3 aromatic heterocycles.